The Bertz CT molecular complexity index is 1060. The van der Waals surface area contributed by atoms with Crippen LogP contribution in [0.25, 0.3) is 0 Å². The van der Waals surface area contributed by atoms with E-state index in [1.807, 2.05) is 78.9 Å². The third-order valence-electron chi connectivity index (χ3n) is 5.48. The molecule has 8 nitrogen and oxygen atoms in total. The van der Waals surface area contributed by atoms with E-state index in [9.17, 15) is 0 Å². The Morgan fingerprint density at radius 1 is 0.914 bits per heavy atom. The minimum absolute atomic E-state index is 0.0632. The molecule has 0 spiro atoms. The van der Waals surface area contributed by atoms with Gasteiger partial charge < -0.3 is 24.8 Å². The number of nitrogens with zero attached hydrogens (tertiary/aromatic N) is 3. The van der Waals surface area contributed by atoms with Crippen molar-refractivity contribution in [2.75, 3.05) is 6.61 Å². The monoisotopic (exact) mass is 474 g/mol. The van der Waals surface area contributed by atoms with E-state index >= 15 is 0 Å². The molecule has 0 radical (unpaired) electrons. The van der Waals surface area contributed by atoms with Crippen LogP contribution in [0.1, 0.15) is 30.9 Å². The van der Waals surface area contributed by atoms with Crippen molar-refractivity contribution in [3.63, 3.8) is 0 Å². The van der Waals surface area contributed by atoms with E-state index < -0.39 is 0 Å². The second-order valence-electron chi connectivity index (χ2n) is 8.16. The van der Waals surface area contributed by atoms with Crippen LogP contribution in [0.15, 0.2) is 94.2 Å². The van der Waals surface area contributed by atoms with Crippen LogP contribution in [0, 0.1) is 0 Å². The van der Waals surface area contributed by atoms with Crippen LogP contribution < -0.4 is 20.1 Å². The number of rotatable bonds is 11. The van der Waals surface area contributed by atoms with Gasteiger partial charge in [-0.25, -0.2) is 4.99 Å². The molecule has 0 aliphatic carbocycles. The molecule has 1 aliphatic rings. The Hall–Kier alpha value is -4.07. The van der Waals surface area contributed by atoms with Crippen LogP contribution in [0.3, 0.4) is 0 Å². The Morgan fingerprint density at radius 3 is 2.03 bits per heavy atom. The summed E-state index contributed by atoms with van der Waals surface area (Å²) < 4.78 is 23.9. The Labute approximate surface area is 205 Å². The zero-order valence-electron chi connectivity index (χ0n) is 19.7. The van der Waals surface area contributed by atoms with Crippen molar-refractivity contribution in [3.05, 3.63) is 90.0 Å². The molecule has 4 rings (SSSR count). The molecular weight excluding hydrogens is 444 g/mol. The highest BCUT2D eigenvalue weighted by molar-refractivity contribution is 5.75. The van der Waals surface area contributed by atoms with E-state index in [1.165, 1.54) is 0 Å². The predicted molar refractivity (Wildman–Crippen MR) is 134 cm³/mol. The van der Waals surface area contributed by atoms with Crippen molar-refractivity contribution in [1.82, 2.24) is 0 Å². The molecule has 8 heteroatoms. The number of aliphatic imine (C=N–C) groups is 1. The van der Waals surface area contributed by atoms with Crippen LogP contribution in [0.4, 0.5) is 0 Å². The molecule has 1 aliphatic heterocycles. The summed E-state index contributed by atoms with van der Waals surface area (Å²) in [5.74, 6) is 7.12. The molecule has 3 aromatic carbocycles. The van der Waals surface area contributed by atoms with E-state index in [2.05, 4.69) is 22.3 Å². The zero-order valence-corrected chi connectivity index (χ0v) is 19.7. The van der Waals surface area contributed by atoms with Crippen LogP contribution in [0.2, 0.25) is 0 Å². The first-order valence-electron chi connectivity index (χ1n) is 11.7. The molecule has 35 heavy (non-hydrogen) atoms. The van der Waals surface area contributed by atoms with Crippen molar-refractivity contribution >= 4 is 6.02 Å². The minimum Gasteiger partial charge on any atom is -0.490 e. The van der Waals surface area contributed by atoms with E-state index in [0.717, 1.165) is 17.5 Å². The van der Waals surface area contributed by atoms with Gasteiger partial charge in [0.25, 0.3) is 0 Å². The number of nitrogens with two attached hydrogens (primary N) is 1. The third kappa shape index (κ3) is 7.46. The van der Waals surface area contributed by atoms with Gasteiger partial charge in [-0.05, 0) is 17.5 Å². The fourth-order valence-corrected chi connectivity index (χ4v) is 3.68. The van der Waals surface area contributed by atoms with Crippen molar-refractivity contribution in [1.29, 1.82) is 0 Å². The van der Waals surface area contributed by atoms with Gasteiger partial charge in [-0.15, -0.1) is 0 Å². The van der Waals surface area contributed by atoms with E-state index in [0.29, 0.717) is 43.5 Å². The lowest BCUT2D eigenvalue weighted by molar-refractivity contribution is 0.166. The molecule has 0 amide bonds. The van der Waals surface area contributed by atoms with Gasteiger partial charge in [0.1, 0.15) is 43.2 Å². The molecule has 182 valence electrons. The van der Waals surface area contributed by atoms with Gasteiger partial charge in [0, 0.05) is 24.6 Å². The fourth-order valence-electron chi connectivity index (χ4n) is 3.68. The van der Waals surface area contributed by atoms with Gasteiger partial charge in [-0.1, -0.05) is 77.9 Å². The van der Waals surface area contributed by atoms with Gasteiger partial charge in [0.2, 0.25) is 0 Å². The maximum Gasteiger partial charge on any atom is 0.332 e. The molecule has 0 fully saturated rings. The summed E-state index contributed by atoms with van der Waals surface area (Å²) in [6.45, 7) is 3.41. The van der Waals surface area contributed by atoms with Crippen molar-refractivity contribution in [3.8, 4) is 17.2 Å². The fraction of sp³-hybridized carbons (Fsp3) is 0.296. The average molecular weight is 475 g/mol. The smallest absolute Gasteiger partial charge is 0.332 e. The van der Waals surface area contributed by atoms with Gasteiger partial charge in [0.05, 0.1) is 6.04 Å². The summed E-state index contributed by atoms with van der Waals surface area (Å²) in [4.78, 5) is 4.39. The van der Waals surface area contributed by atoms with Crippen LogP contribution in [-0.2, 0) is 18.0 Å². The van der Waals surface area contributed by atoms with Gasteiger partial charge in [-0.2, -0.15) is 0 Å². The standard InChI is InChI=1S/C27H30N4O4/c1-2-23(13-22-19-34-27(29-22)30-31-28)35-26-15-24(32-17-20-9-5-3-6-10-20)14-25(16-26)33-18-21-11-7-4-8-12-21/h3-12,14-16,22-23H,2,13,17-19H2,1H3,(H2,28,29,30)/t22-,23-/m0/s1. The first-order chi connectivity index (χ1) is 17.2. The molecule has 2 atom stereocenters. The average Bonchev–Trinajstić information content (AvgIpc) is 3.34. The number of benzene rings is 3. The molecule has 2 N–H and O–H groups in total. The Kier molecular flexibility index (Phi) is 8.53. The number of hydrogen-bond acceptors (Lipinski definition) is 7. The van der Waals surface area contributed by atoms with Gasteiger partial charge >= 0.3 is 6.02 Å². The predicted octanol–water partition coefficient (Wildman–Crippen LogP) is 5.47. The lowest BCUT2D eigenvalue weighted by atomic mass is 10.1. The molecule has 3 aromatic rings. The topological polar surface area (TPSA) is 100 Å². The Balaban J connectivity index is 1.47. The largest absolute Gasteiger partial charge is 0.490 e. The lowest BCUT2D eigenvalue weighted by Gasteiger charge is -2.20. The third-order valence-corrected chi connectivity index (χ3v) is 5.48. The van der Waals surface area contributed by atoms with Crippen molar-refractivity contribution in [2.45, 2.75) is 45.1 Å². The summed E-state index contributed by atoms with van der Waals surface area (Å²) in [7, 11) is 0. The molecular formula is C27H30N4O4. The van der Waals surface area contributed by atoms with Crippen LogP contribution in [0.5, 0.6) is 17.2 Å². The zero-order chi connectivity index (χ0) is 24.3. The van der Waals surface area contributed by atoms with E-state index in [1.54, 1.807) is 0 Å². The van der Waals surface area contributed by atoms with Crippen LogP contribution in [-0.4, -0.2) is 24.8 Å². The highest BCUT2D eigenvalue weighted by atomic mass is 16.5. The first kappa shape index (κ1) is 24.1. The van der Waals surface area contributed by atoms with E-state index in [-0.39, 0.29) is 18.2 Å². The highest BCUT2D eigenvalue weighted by Gasteiger charge is 2.23. The number of ether oxygens (including phenoxy) is 4. The molecule has 0 saturated heterocycles. The quantitative estimate of drug-likeness (QED) is 0.226. The van der Waals surface area contributed by atoms with Gasteiger partial charge in [-0.3, -0.25) is 0 Å². The molecule has 0 unspecified atom stereocenters. The second kappa shape index (κ2) is 12.4. The second-order valence-corrected chi connectivity index (χ2v) is 8.16. The summed E-state index contributed by atoms with van der Waals surface area (Å²) in [6, 6.07) is 25.9. The molecule has 0 bridgehead atoms. The SMILES string of the molecule is CC[C@@H](C[C@H]1COC(N=NN)=N1)Oc1cc(OCc2ccccc2)cc(OCc2ccccc2)c1. The van der Waals surface area contributed by atoms with Crippen molar-refractivity contribution < 1.29 is 18.9 Å². The maximum atomic E-state index is 6.34. The highest BCUT2D eigenvalue weighted by Crippen LogP contribution is 2.31. The number of amidine groups is 1. The lowest BCUT2D eigenvalue weighted by Crippen LogP contribution is -2.22. The summed E-state index contributed by atoms with van der Waals surface area (Å²) >= 11 is 0. The maximum absolute atomic E-state index is 6.34. The first-order valence-corrected chi connectivity index (χ1v) is 11.7. The summed E-state index contributed by atoms with van der Waals surface area (Å²) in [5, 5.41) is 6.89. The minimum atomic E-state index is -0.0761. The summed E-state index contributed by atoms with van der Waals surface area (Å²) in [6.07, 6.45) is 1.40. The van der Waals surface area contributed by atoms with Crippen molar-refractivity contribution in [2.24, 2.45) is 21.2 Å². The normalized spacial score (nSPS) is 15.9. The summed E-state index contributed by atoms with van der Waals surface area (Å²) in [5.41, 5.74) is 2.17. The van der Waals surface area contributed by atoms with E-state index in [4.69, 9.17) is 24.8 Å². The Morgan fingerprint density at radius 2 is 1.49 bits per heavy atom. The molecule has 1 heterocycles. The number of hydrogen-bond donors (Lipinski definition) is 1. The molecule has 0 aromatic heterocycles. The van der Waals surface area contributed by atoms with Crippen LogP contribution >= 0.6 is 0 Å². The molecule has 0 saturated carbocycles. The van der Waals surface area contributed by atoms with Gasteiger partial charge in [0.15, 0.2) is 0 Å².